The maximum absolute atomic E-state index is 12.1. The highest BCUT2D eigenvalue weighted by atomic mass is 16.5. The lowest BCUT2D eigenvalue weighted by molar-refractivity contribution is -0.133. The highest BCUT2D eigenvalue weighted by Crippen LogP contribution is 2.15. The van der Waals surface area contributed by atoms with Gasteiger partial charge >= 0.3 is 5.97 Å². The van der Waals surface area contributed by atoms with Gasteiger partial charge in [0.1, 0.15) is 10.9 Å². The summed E-state index contributed by atoms with van der Waals surface area (Å²) in [5, 5.41) is 5.03. The van der Waals surface area contributed by atoms with Gasteiger partial charge < -0.3 is 9.72 Å². The Bertz CT molecular complexity index is 860. The summed E-state index contributed by atoms with van der Waals surface area (Å²) < 4.78 is 5.78. The number of aromatic nitrogens is 3. The molecule has 2 aromatic heterocycles. The zero-order chi connectivity index (χ0) is 12.7. The topological polar surface area (TPSA) is 76.5 Å². The predicted octanol–water partition coefficient (Wildman–Crippen LogP) is -0.152. The molecule has 0 aliphatic rings. The van der Waals surface area contributed by atoms with Gasteiger partial charge in [0, 0.05) is 5.39 Å². The molecule has 0 spiro atoms. The summed E-state index contributed by atoms with van der Waals surface area (Å²) in [6.45, 7) is 0. The third-order valence-corrected chi connectivity index (χ3v) is 2.75. The maximum Gasteiger partial charge on any atom is 0.332 e. The lowest BCUT2D eigenvalue weighted by Crippen LogP contribution is -2.35. The monoisotopic (exact) mass is 243 g/mol. The van der Waals surface area contributed by atoms with Gasteiger partial charge in [-0.25, -0.2) is 4.79 Å². The first-order chi connectivity index (χ1) is 8.70. The van der Waals surface area contributed by atoms with E-state index in [2.05, 4.69) is 14.8 Å². The van der Waals surface area contributed by atoms with E-state index in [-0.39, 0.29) is 10.9 Å². The van der Waals surface area contributed by atoms with Gasteiger partial charge in [0.15, 0.2) is 0 Å². The van der Waals surface area contributed by atoms with Crippen LogP contribution in [-0.4, -0.2) is 27.7 Å². The van der Waals surface area contributed by atoms with Gasteiger partial charge in [-0.15, -0.1) is 0 Å². The van der Waals surface area contributed by atoms with Crippen LogP contribution >= 0.6 is 0 Å². The predicted molar refractivity (Wildman–Crippen MR) is 65.0 cm³/mol. The zero-order valence-electron chi connectivity index (χ0n) is 9.51. The summed E-state index contributed by atoms with van der Waals surface area (Å²) in [5.41, 5.74) is 1.07. The Labute approximate surface area is 100 Å². The number of hydrogen-bond donors (Lipinski definition) is 1. The number of esters is 1. The van der Waals surface area contributed by atoms with E-state index in [0.29, 0.717) is 5.52 Å². The fraction of sp³-hybridized carbons (Fsp3) is 0.0833. The third-order valence-electron chi connectivity index (χ3n) is 2.75. The average Bonchev–Trinajstić information content (AvgIpc) is 2.81. The molecule has 0 fully saturated rings. The summed E-state index contributed by atoms with van der Waals surface area (Å²) >= 11 is 0. The molecule has 6 heteroatoms. The summed E-state index contributed by atoms with van der Waals surface area (Å²) in [6.07, 6.45) is 2.73. The van der Waals surface area contributed by atoms with Gasteiger partial charge in [0.25, 0.3) is 5.56 Å². The van der Waals surface area contributed by atoms with E-state index in [1.165, 1.54) is 11.6 Å². The summed E-state index contributed by atoms with van der Waals surface area (Å²) in [4.78, 5) is 26.2. The molecule has 90 valence electrons. The Kier molecular flexibility index (Phi) is 2.16. The molecule has 1 aromatic carbocycles. The van der Waals surface area contributed by atoms with Crippen LogP contribution in [0.4, 0.5) is 0 Å². The van der Waals surface area contributed by atoms with Crippen LogP contribution in [0.2, 0.25) is 0 Å². The highest BCUT2D eigenvalue weighted by molar-refractivity contribution is 6.00. The van der Waals surface area contributed by atoms with E-state index in [0.717, 1.165) is 17.0 Å². The molecule has 0 unspecified atom stereocenters. The molecule has 0 atom stereocenters. The molecule has 3 rings (SSSR count). The Morgan fingerprint density at radius 3 is 3.11 bits per heavy atom. The summed E-state index contributed by atoms with van der Waals surface area (Å²) in [5.74, 6) is -0.589. The van der Waals surface area contributed by atoms with Gasteiger partial charge in [-0.05, 0) is 6.07 Å². The molecule has 1 N–H and O–H groups in total. The van der Waals surface area contributed by atoms with Crippen molar-refractivity contribution in [1.82, 2.24) is 14.6 Å². The standard InChI is InChI=1S/C12H9N3O3/c1-18-10(16)5-9-12(17)15-11-7(6-13-15)3-2-4-8(11)14-9/h2-6,14H,1H3/b9-5-. The first kappa shape index (κ1) is 10.5. The number of aromatic amines is 1. The van der Waals surface area contributed by atoms with Gasteiger partial charge in [-0.2, -0.15) is 9.61 Å². The number of ether oxygens (including phenoxy) is 1. The molecule has 0 bridgehead atoms. The lowest BCUT2D eigenvalue weighted by atomic mass is 10.2. The van der Waals surface area contributed by atoms with Crippen LogP contribution in [0.3, 0.4) is 0 Å². The van der Waals surface area contributed by atoms with Crippen LogP contribution in [-0.2, 0) is 9.53 Å². The van der Waals surface area contributed by atoms with Gasteiger partial charge in [-0.1, -0.05) is 12.1 Å². The fourth-order valence-corrected chi connectivity index (χ4v) is 1.92. The van der Waals surface area contributed by atoms with Crippen molar-refractivity contribution in [2.24, 2.45) is 0 Å². The number of benzene rings is 1. The minimum atomic E-state index is -0.589. The zero-order valence-corrected chi connectivity index (χ0v) is 9.51. The molecule has 0 radical (unpaired) electrons. The molecule has 6 nitrogen and oxygen atoms in total. The maximum atomic E-state index is 12.1. The van der Waals surface area contributed by atoms with E-state index in [1.807, 2.05) is 18.2 Å². The van der Waals surface area contributed by atoms with Crippen molar-refractivity contribution in [2.45, 2.75) is 0 Å². The van der Waals surface area contributed by atoms with E-state index < -0.39 is 5.97 Å². The van der Waals surface area contributed by atoms with E-state index >= 15 is 0 Å². The van der Waals surface area contributed by atoms with Crippen LogP contribution in [0.15, 0.2) is 29.2 Å². The Morgan fingerprint density at radius 2 is 2.33 bits per heavy atom. The SMILES string of the molecule is COC(=O)/C=c1\[nH]c2cccc3cnn(c1=O)c32. The first-order valence-electron chi connectivity index (χ1n) is 5.29. The number of para-hydroxylation sites is 1. The molecular weight excluding hydrogens is 234 g/mol. The van der Waals surface area contributed by atoms with Crippen molar-refractivity contribution in [3.63, 3.8) is 0 Å². The van der Waals surface area contributed by atoms with Crippen LogP contribution in [0.5, 0.6) is 0 Å². The van der Waals surface area contributed by atoms with Crippen molar-refractivity contribution in [3.8, 4) is 0 Å². The van der Waals surface area contributed by atoms with Crippen LogP contribution in [0.1, 0.15) is 0 Å². The molecular formula is C12H9N3O3. The second-order valence-electron chi connectivity index (χ2n) is 3.81. The highest BCUT2D eigenvalue weighted by Gasteiger charge is 2.08. The summed E-state index contributed by atoms with van der Waals surface area (Å²) in [6, 6.07) is 5.53. The lowest BCUT2D eigenvalue weighted by Gasteiger charge is -1.99. The normalized spacial score (nSPS) is 12.4. The Balaban J connectivity index is 2.49. The van der Waals surface area contributed by atoms with Crippen LogP contribution in [0, 0.1) is 0 Å². The molecule has 0 saturated heterocycles. The second kappa shape index (κ2) is 3.69. The molecule has 3 aromatic rings. The molecule has 0 amide bonds. The van der Waals surface area contributed by atoms with Crippen molar-refractivity contribution in [2.75, 3.05) is 7.11 Å². The molecule has 0 saturated carbocycles. The largest absolute Gasteiger partial charge is 0.466 e. The van der Waals surface area contributed by atoms with E-state index in [4.69, 9.17) is 0 Å². The number of rotatable bonds is 1. The number of hydrogen-bond acceptors (Lipinski definition) is 4. The molecule has 18 heavy (non-hydrogen) atoms. The average molecular weight is 243 g/mol. The van der Waals surface area contributed by atoms with Crippen LogP contribution < -0.4 is 10.9 Å². The number of carbonyl (C=O) groups excluding carboxylic acids is 1. The summed E-state index contributed by atoms with van der Waals surface area (Å²) in [7, 11) is 1.26. The second-order valence-corrected chi connectivity index (χ2v) is 3.81. The fourth-order valence-electron chi connectivity index (χ4n) is 1.92. The van der Waals surface area contributed by atoms with E-state index in [9.17, 15) is 9.59 Å². The molecule has 2 heterocycles. The minimum Gasteiger partial charge on any atom is -0.466 e. The minimum absolute atomic E-state index is 0.144. The first-order valence-corrected chi connectivity index (χ1v) is 5.29. The third kappa shape index (κ3) is 1.39. The number of carbonyl (C=O) groups is 1. The van der Waals surface area contributed by atoms with Gasteiger partial charge in [0.2, 0.25) is 0 Å². The number of nitrogens with zero attached hydrogens (tertiary/aromatic N) is 2. The molecule has 0 aliphatic carbocycles. The van der Waals surface area contributed by atoms with Crippen molar-refractivity contribution >= 4 is 28.5 Å². The Morgan fingerprint density at radius 1 is 1.50 bits per heavy atom. The van der Waals surface area contributed by atoms with Crippen molar-refractivity contribution < 1.29 is 9.53 Å². The number of nitrogens with one attached hydrogen (secondary N) is 1. The van der Waals surface area contributed by atoms with E-state index in [1.54, 1.807) is 6.20 Å². The quantitative estimate of drug-likeness (QED) is 0.603. The van der Waals surface area contributed by atoms with Gasteiger partial charge in [0.05, 0.1) is 24.9 Å². The number of H-pyrrole nitrogens is 1. The van der Waals surface area contributed by atoms with Gasteiger partial charge in [-0.3, -0.25) is 4.79 Å². The number of methoxy groups -OCH3 is 1. The van der Waals surface area contributed by atoms with Crippen LogP contribution in [0.25, 0.3) is 22.5 Å². The van der Waals surface area contributed by atoms with Crippen molar-refractivity contribution in [3.05, 3.63) is 40.1 Å². The molecule has 0 aliphatic heterocycles. The Hall–Kier alpha value is -2.63. The smallest absolute Gasteiger partial charge is 0.332 e. The van der Waals surface area contributed by atoms with Crippen molar-refractivity contribution in [1.29, 1.82) is 0 Å².